The minimum Gasteiger partial charge on any atom is -0.361 e. The first-order valence-electron chi connectivity index (χ1n) is 4.92. The van der Waals surface area contributed by atoms with Gasteiger partial charge in [0.15, 0.2) is 0 Å². The Balaban J connectivity index is 2.68. The van der Waals surface area contributed by atoms with Crippen LogP contribution < -0.4 is 5.32 Å². The summed E-state index contributed by atoms with van der Waals surface area (Å²) in [6.45, 7) is 3.74. The fourth-order valence-electron chi connectivity index (χ4n) is 1.28. The minimum atomic E-state index is -4.82. The smallest absolute Gasteiger partial charge is 0.361 e. The number of hydrogen-bond donors (Lipinski definition) is 1. The Labute approximate surface area is 97.1 Å². The van der Waals surface area contributed by atoms with Crippen LogP contribution in [-0.2, 0) is 4.79 Å². The van der Waals surface area contributed by atoms with E-state index in [1.807, 2.05) is 26.0 Å². The molecular formula is C12H12F3NO. The van der Waals surface area contributed by atoms with Gasteiger partial charge in [0, 0.05) is 18.0 Å². The zero-order chi connectivity index (χ0) is 13.1. The van der Waals surface area contributed by atoms with Crippen LogP contribution in [0.1, 0.15) is 11.1 Å². The van der Waals surface area contributed by atoms with Crippen molar-refractivity contribution >= 4 is 11.5 Å². The van der Waals surface area contributed by atoms with Gasteiger partial charge >= 0.3 is 6.18 Å². The summed E-state index contributed by atoms with van der Waals surface area (Å²) in [6.07, 6.45) is -3.35. The number of rotatable bonds is 3. The van der Waals surface area contributed by atoms with Crippen molar-refractivity contribution in [3.8, 4) is 0 Å². The number of halogens is 3. The van der Waals surface area contributed by atoms with E-state index in [-0.39, 0.29) is 0 Å². The van der Waals surface area contributed by atoms with Gasteiger partial charge in [-0.1, -0.05) is 17.7 Å². The van der Waals surface area contributed by atoms with Gasteiger partial charge in [0.2, 0.25) is 0 Å². The molecule has 0 radical (unpaired) electrons. The largest absolute Gasteiger partial charge is 0.454 e. The fourth-order valence-corrected chi connectivity index (χ4v) is 1.28. The highest BCUT2D eigenvalue weighted by atomic mass is 19.4. The summed E-state index contributed by atoms with van der Waals surface area (Å²) < 4.78 is 35.6. The van der Waals surface area contributed by atoms with E-state index in [9.17, 15) is 18.0 Å². The van der Waals surface area contributed by atoms with Crippen LogP contribution in [0.25, 0.3) is 0 Å². The van der Waals surface area contributed by atoms with Gasteiger partial charge in [-0.2, -0.15) is 13.2 Å². The lowest BCUT2D eigenvalue weighted by molar-refractivity contribution is -0.165. The average Bonchev–Trinajstić information content (AvgIpc) is 2.19. The summed E-state index contributed by atoms with van der Waals surface area (Å²) in [5, 5.41) is 2.64. The molecule has 1 aromatic carbocycles. The number of carbonyl (C=O) groups excluding carboxylic acids is 1. The van der Waals surface area contributed by atoms with Gasteiger partial charge in [0.25, 0.3) is 5.78 Å². The predicted octanol–water partition coefficient (Wildman–Crippen LogP) is 3.36. The Morgan fingerprint density at radius 2 is 1.94 bits per heavy atom. The maximum absolute atomic E-state index is 11.9. The predicted molar refractivity (Wildman–Crippen MR) is 59.7 cm³/mol. The van der Waals surface area contributed by atoms with Gasteiger partial charge < -0.3 is 5.32 Å². The Morgan fingerprint density at radius 1 is 1.29 bits per heavy atom. The first-order chi connectivity index (χ1) is 7.80. The molecule has 0 fully saturated rings. The van der Waals surface area contributed by atoms with E-state index in [2.05, 4.69) is 5.32 Å². The molecule has 0 heterocycles. The molecule has 0 aromatic heterocycles. The van der Waals surface area contributed by atoms with E-state index >= 15 is 0 Å². The summed E-state index contributed by atoms with van der Waals surface area (Å²) in [5.41, 5.74) is 2.62. The monoisotopic (exact) mass is 243 g/mol. The first kappa shape index (κ1) is 13.3. The van der Waals surface area contributed by atoms with Gasteiger partial charge in [0.1, 0.15) is 0 Å². The van der Waals surface area contributed by atoms with Crippen LogP contribution >= 0.6 is 0 Å². The van der Waals surface area contributed by atoms with E-state index in [0.29, 0.717) is 11.8 Å². The molecule has 1 N–H and O–H groups in total. The maximum atomic E-state index is 11.9. The van der Waals surface area contributed by atoms with Crippen LogP contribution in [-0.4, -0.2) is 12.0 Å². The van der Waals surface area contributed by atoms with Crippen LogP contribution in [0.5, 0.6) is 0 Å². The number of hydrogen-bond acceptors (Lipinski definition) is 2. The Morgan fingerprint density at radius 3 is 2.47 bits per heavy atom. The maximum Gasteiger partial charge on any atom is 0.454 e. The number of benzene rings is 1. The van der Waals surface area contributed by atoms with Crippen LogP contribution in [0.15, 0.2) is 30.5 Å². The molecule has 0 saturated heterocycles. The molecule has 0 saturated carbocycles. The Kier molecular flexibility index (Phi) is 3.93. The summed E-state index contributed by atoms with van der Waals surface area (Å²) in [6, 6.07) is 5.46. The zero-order valence-electron chi connectivity index (χ0n) is 9.43. The average molecular weight is 243 g/mol. The van der Waals surface area contributed by atoms with E-state index in [1.165, 1.54) is 0 Å². The second-order valence-corrected chi connectivity index (χ2v) is 3.66. The molecular weight excluding hydrogens is 231 g/mol. The lowest BCUT2D eigenvalue weighted by Crippen LogP contribution is -2.20. The third-order valence-corrected chi connectivity index (χ3v) is 2.13. The molecule has 0 atom stereocenters. The summed E-state index contributed by atoms with van der Waals surface area (Å²) in [4.78, 5) is 10.5. The van der Waals surface area contributed by atoms with Gasteiger partial charge in [0.05, 0.1) is 0 Å². The molecule has 2 nitrogen and oxygen atoms in total. The Hall–Kier alpha value is -1.78. The number of anilines is 1. The van der Waals surface area contributed by atoms with Crippen molar-refractivity contribution in [3.05, 3.63) is 41.6 Å². The SMILES string of the molecule is Cc1ccc(N/C=C\C(=O)C(F)(F)F)c(C)c1. The lowest BCUT2D eigenvalue weighted by atomic mass is 10.1. The number of nitrogens with one attached hydrogen (secondary N) is 1. The van der Waals surface area contributed by atoms with Crippen LogP contribution in [0.2, 0.25) is 0 Å². The summed E-state index contributed by atoms with van der Waals surface area (Å²) >= 11 is 0. The Bertz CT molecular complexity index is 450. The summed E-state index contributed by atoms with van der Waals surface area (Å²) in [7, 11) is 0. The second-order valence-electron chi connectivity index (χ2n) is 3.66. The number of ketones is 1. The topological polar surface area (TPSA) is 29.1 Å². The minimum absolute atomic E-state index is 0.472. The summed E-state index contributed by atoms with van der Waals surface area (Å²) in [5.74, 6) is -1.88. The number of carbonyl (C=O) groups is 1. The van der Waals surface area contributed by atoms with E-state index < -0.39 is 12.0 Å². The molecule has 0 amide bonds. The second kappa shape index (κ2) is 5.03. The van der Waals surface area contributed by atoms with Crippen molar-refractivity contribution in [1.29, 1.82) is 0 Å². The molecule has 92 valence electrons. The van der Waals surface area contributed by atoms with Crippen molar-refractivity contribution < 1.29 is 18.0 Å². The van der Waals surface area contributed by atoms with Crippen molar-refractivity contribution in [2.24, 2.45) is 0 Å². The molecule has 1 aromatic rings. The normalized spacial score (nSPS) is 11.8. The standard InChI is InChI=1S/C12H12F3NO/c1-8-3-4-10(9(2)7-8)16-6-5-11(17)12(13,14)15/h3-7,16H,1-2H3/b6-5-. The highest BCUT2D eigenvalue weighted by Gasteiger charge is 2.35. The van der Waals surface area contributed by atoms with Crippen LogP contribution in [0.3, 0.4) is 0 Å². The van der Waals surface area contributed by atoms with E-state index in [4.69, 9.17) is 0 Å². The number of alkyl halides is 3. The zero-order valence-corrected chi connectivity index (χ0v) is 9.43. The van der Waals surface area contributed by atoms with Crippen molar-refractivity contribution in [3.63, 3.8) is 0 Å². The molecule has 17 heavy (non-hydrogen) atoms. The van der Waals surface area contributed by atoms with E-state index in [1.54, 1.807) is 6.07 Å². The van der Waals surface area contributed by atoms with Gasteiger partial charge in [-0.25, -0.2) is 0 Å². The molecule has 5 heteroatoms. The van der Waals surface area contributed by atoms with Gasteiger partial charge in [-0.15, -0.1) is 0 Å². The van der Waals surface area contributed by atoms with Crippen molar-refractivity contribution in [2.75, 3.05) is 5.32 Å². The molecule has 1 rings (SSSR count). The number of allylic oxidation sites excluding steroid dienone is 1. The van der Waals surface area contributed by atoms with Crippen molar-refractivity contribution in [1.82, 2.24) is 0 Å². The number of aryl methyl sites for hydroxylation is 2. The third kappa shape index (κ3) is 3.94. The molecule has 0 unspecified atom stereocenters. The first-order valence-corrected chi connectivity index (χ1v) is 4.92. The lowest BCUT2D eigenvalue weighted by Gasteiger charge is -2.06. The molecule has 0 aliphatic heterocycles. The molecule has 0 aliphatic carbocycles. The highest BCUT2D eigenvalue weighted by molar-refractivity contribution is 5.94. The third-order valence-electron chi connectivity index (χ3n) is 2.13. The molecule has 0 aliphatic rings. The van der Waals surface area contributed by atoms with Gasteiger partial charge in [-0.3, -0.25) is 4.79 Å². The highest BCUT2D eigenvalue weighted by Crippen LogP contribution is 2.18. The van der Waals surface area contributed by atoms with Crippen LogP contribution in [0.4, 0.5) is 18.9 Å². The fraction of sp³-hybridized carbons (Fsp3) is 0.250. The molecule has 0 spiro atoms. The van der Waals surface area contributed by atoms with Gasteiger partial charge in [-0.05, 0) is 25.5 Å². The quantitative estimate of drug-likeness (QED) is 0.825. The van der Waals surface area contributed by atoms with E-state index in [0.717, 1.165) is 17.3 Å². The van der Waals surface area contributed by atoms with Crippen LogP contribution in [0, 0.1) is 13.8 Å². The molecule has 0 bridgehead atoms. The van der Waals surface area contributed by atoms with Crippen molar-refractivity contribution in [2.45, 2.75) is 20.0 Å².